The third-order valence-corrected chi connectivity index (χ3v) is 8.97. The predicted molar refractivity (Wildman–Crippen MR) is 201 cm³/mol. The lowest BCUT2D eigenvalue weighted by molar-refractivity contribution is -0.161. The van der Waals surface area contributed by atoms with Crippen LogP contribution in [0.15, 0.2) is 36.5 Å². The van der Waals surface area contributed by atoms with Gasteiger partial charge in [0.2, 0.25) is 0 Å². The average molecular weight is 731 g/mol. The SMILES string of the molecule is CCCCC/C=C\C/C=C\CCCCCCCC(=O)OC(COC(=O)CCCCCCC/C=C\CCCCC)COP(=O)(O)OCC(O)CO. The molecule has 3 atom stereocenters. The van der Waals surface area contributed by atoms with Crippen LogP contribution in [0.2, 0.25) is 0 Å². The molecule has 50 heavy (non-hydrogen) atoms. The molecule has 3 unspecified atom stereocenters. The van der Waals surface area contributed by atoms with Gasteiger partial charge in [-0.05, 0) is 70.6 Å². The molecule has 0 saturated carbocycles. The van der Waals surface area contributed by atoms with E-state index in [1.54, 1.807) is 0 Å². The average Bonchev–Trinajstić information content (AvgIpc) is 3.10. The molecule has 0 heterocycles. The first kappa shape index (κ1) is 48.2. The second-order valence-corrected chi connectivity index (χ2v) is 14.4. The molecule has 0 aromatic heterocycles. The van der Waals surface area contributed by atoms with Crippen LogP contribution in [0.25, 0.3) is 0 Å². The van der Waals surface area contributed by atoms with Crippen molar-refractivity contribution in [1.29, 1.82) is 0 Å². The maximum atomic E-state index is 12.5. The third kappa shape index (κ3) is 34.6. The number of rotatable bonds is 36. The molecule has 10 nitrogen and oxygen atoms in total. The molecule has 3 N–H and O–H groups in total. The second-order valence-electron chi connectivity index (χ2n) is 12.9. The molecule has 0 radical (unpaired) electrons. The summed E-state index contributed by atoms with van der Waals surface area (Å²) in [6, 6.07) is 0. The Hall–Kier alpha value is -1.81. The Labute approximate surface area is 303 Å². The normalized spacial score (nSPS) is 14.4. The van der Waals surface area contributed by atoms with Crippen LogP contribution in [-0.2, 0) is 32.7 Å². The lowest BCUT2D eigenvalue weighted by Crippen LogP contribution is -2.29. The Kier molecular flexibility index (Phi) is 34.3. The molecule has 0 aliphatic carbocycles. The standard InChI is InChI=1S/C39H71O10P/c1-3-5-7-9-11-13-15-17-18-19-21-23-25-27-29-31-39(43)49-37(35-48-50(44,45)47-33-36(41)32-40)34-46-38(42)30-28-26-24-22-20-16-14-12-10-8-6-4-2/h11-14,17-18,36-37,40-41H,3-10,15-16,19-35H2,1-2H3,(H,44,45)/b13-11-,14-12-,18-17-. The highest BCUT2D eigenvalue weighted by Crippen LogP contribution is 2.43. The number of hydrogen-bond acceptors (Lipinski definition) is 9. The minimum Gasteiger partial charge on any atom is -0.462 e. The lowest BCUT2D eigenvalue weighted by atomic mass is 10.1. The number of carbonyl (C=O) groups is 2. The number of unbranched alkanes of at least 4 members (excludes halogenated alkanes) is 16. The summed E-state index contributed by atoms with van der Waals surface area (Å²) in [5.74, 6) is -0.954. The van der Waals surface area contributed by atoms with E-state index in [0.29, 0.717) is 12.8 Å². The molecule has 292 valence electrons. The van der Waals surface area contributed by atoms with Crippen LogP contribution in [0.1, 0.15) is 162 Å². The largest absolute Gasteiger partial charge is 0.472 e. The van der Waals surface area contributed by atoms with Crippen LogP contribution < -0.4 is 0 Å². The van der Waals surface area contributed by atoms with Gasteiger partial charge in [0.1, 0.15) is 12.7 Å². The molecular weight excluding hydrogens is 659 g/mol. The van der Waals surface area contributed by atoms with E-state index in [-0.39, 0.29) is 19.4 Å². The summed E-state index contributed by atoms with van der Waals surface area (Å²) < 4.78 is 32.6. The summed E-state index contributed by atoms with van der Waals surface area (Å²) in [5.41, 5.74) is 0. The first-order valence-corrected chi connectivity index (χ1v) is 20.9. The van der Waals surface area contributed by atoms with Crippen LogP contribution in [0, 0.1) is 0 Å². The zero-order valence-corrected chi connectivity index (χ0v) is 32.3. The van der Waals surface area contributed by atoms with Crippen LogP contribution in [-0.4, -0.2) is 65.7 Å². The van der Waals surface area contributed by atoms with Gasteiger partial charge in [-0.2, -0.15) is 0 Å². The number of allylic oxidation sites excluding steroid dienone is 6. The van der Waals surface area contributed by atoms with Crippen molar-refractivity contribution in [2.75, 3.05) is 26.4 Å². The van der Waals surface area contributed by atoms with Crippen molar-refractivity contribution in [2.45, 2.75) is 174 Å². The van der Waals surface area contributed by atoms with Crippen molar-refractivity contribution < 1.29 is 47.8 Å². The second kappa shape index (κ2) is 35.6. The number of esters is 2. The van der Waals surface area contributed by atoms with E-state index in [0.717, 1.165) is 83.5 Å². The Bertz CT molecular complexity index is 936. The Morgan fingerprint density at radius 2 is 1.04 bits per heavy atom. The van der Waals surface area contributed by atoms with Crippen LogP contribution >= 0.6 is 7.82 Å². The van der Waals surface area contributed by atoms with Crippen LogP contribution in [0.4, 0.5) is 0 Å². The van der Waals surface area contributed by atoms with Crippen molar-refractivity contribution in [3.8, 4) is 0 Å². The minimum atomic E-state index is -4.62. The maximum Gasteiger partial charge on any atom is 0.472 e. The Balaban J connectivity index is 4.40. The Morgan fingerprint density at radius 3 is 1.56 bits per heavy atom. The highest BCUT2D eigenvalue weighted by Gasteiger charge is 2.27. The van der Waals surface area contributed by atoms with E-state index in [2.05, 4.69) is 54.8 Å². The molecular formula is C39H71O10P. The molecule has 0 rings (SSSR count). The fourth-order valence-corrected chi connectivity index (χ4v) is 5.75. The van der Waals surface area contributed by atoms with Crippen molar-refractivity contribution >= 4 is 19.8 Å². The number of carbonyl (C=O) groups excluding carboxylic acids is 2. The quantitative estimate of drug-likeness (QED) is 0.0246. The molecule has 0 amide bonds. The highest BCUT2D eigenvalue weighted by atomic mass is 31.2. The zero-order valence-electron chi connectivity index (χ0n) is 31.4. The van der Waals surface area contributed by atoms with Gasteiger partial charge in [-0.3, -0.25) is 18.6 Å². The summed E-state index contributed by atoms with van der Waals surface area (Å²) in [4.78, 5) is 34.8. The number of aliphatic hydroxyl groups is 2. The molecule has 0 saturated heterocycles. The first-order chi connectivity index (χ1) is 24.2. The molecule has 0 aliphatic heterocycles. The topological polar surface area (TPSA) is 149 Å². The zero-order chi connectivity index (χ0) is 37.0. The van der Waals surface area contributed by atoms with E-state index in [1.165, 1.54) is 38.5 Å². The van der Waals surface area contributed by atoms with Crippen LogP contribution in [0.3, 0.4) is 0 Å². The van der Waals surface area contributed by atoms with Crippen LogP contribution in [0.5, 0.6) is 0 Å². The number of hydrogen-bond donors (Lipinski definition) is 3. The molecule has 0 fully saturated rings. The third-order valence-electron chi connectivity index (χ3n) is 8.02. The number of ether oxygens (including phenoxy) is 2. The molecule has 0 aromatic rings. The fourth-order valence-electron chi connectivity index (χ4n) is 4.96. The van der Waals surface area contributed by atoms with E-state index in [9.17, 15) is 24.2 Å². The van der Waals surface area contributed by atoms with Gasteiger partial charge in [-0.1, -0.05) is 115 Å². The fraction of sp³-hybridized carbons (Fsp3) is 0.795. The molecule has 11 heteroatoms. The number of phosphoric acid groups is 1. The van der Waals surface area contributed by atoms with Gasteiger partial charge < -0.3 is 24.6 Å². The summed E-state index contributed by atoms with van der Waals surface area (Å²) in [6.07, 6.45) is 34.0. The summed E-state index contributed by atoms with van der Waals surface area (Å²) in [5, 5.41) is 18.3. The minimum absolute atomic E-state index is 0.166. The monoisotopic (exact) mass is 730 g/mol. The van der Waals surface area contributed by atoms with Crippen molar-refractivity contribution in [3.05, 3.63) is 36.5 Å². The maximum absolute atomic E-state index is 12.5. The lowest BCUT2D eigenvalue weighted by Gasteiger charge is -2.20. The van der Waals surface area contributed by atoms with Gasteiger partial charge in [0.05, 0.1) is 19.8 Å². The summed E-state index contributed by atoms with van der Waals surface area (Å²) in [6.45, 7) is 2.28. The van der Waals surface area contributed by atoms with E-state index in [1.807, 2.05) is 0 Å². The predicted octanol–water partition coefficient (Wildman–Crippen LogP) is 9.61. The molecule has 0 aliphatic rings. The highest BCUT2D eigenvalue weighted by molar-refractivity contribution is 7.47. The molecule has 0 aromatic carbocycles. The van der Waals surface area contributed by atoms with Gasteiger partial charge in [0.15, 0.2) is 6.10 Å². The van der Waals surface area contributed by atoms with Gasteiger partial charge in [-0.15, -0.1) is 0 Å². The van der Waals surface area contributed by atoms with Crippen molar-refractivity contribution in [1.82, 2.24) is 0 Å². The van der Waals surface area contributed by atoms with E-state index in [4.69, 9.17) is 19.1 Å². The summed E-state index contributed by atoms with van der Waals surface area (Å²) >= 11 is 0. The molecule has 0 spiro atoms. The summed E-state index contributed by atoms with van der Waals surface area (Å²) in [7, 11) is -4.62. The molecule has 0 bridgehead atoms. The number of aliphatic hydroxyl groups excluding tert-OH is 2. The Morgan fingerprint density at radius 1 is 0.600 bits per heavy atom. The van der Waals surface area contributed by atoms with Gasteiger partial charge in [0, 0.05) is 12.8 Å². The van der Waals surface area contributed by atoms with Gasteiger partial charge in [-0.25, -0.2) is 4.57 Å². The first-order valence-electron chi connectivity index (χ1n) is 19.4. The number of phosphoric ester groups is 1. The van der Waals surface area contributed by atoms with E-state index < -0.39 is 51.8 Å². The van der Waals surface area contributed by atoms with Gasteiger partial charge in [0.25, 0.3) is 0 Å². The van der Waals surface area contributed by atoms with Crippen molar-refractivity contribution in [3.63, 3.8) is 0 Å². The van der Waals surface area contributed by atoms with Gasteiger partial charge >= 0.3 is 19.8 Å². The smallest absolute Gasteiger partial charge is 0.462 e. The van der Waals surface area contributed by atoms with E-state index >= 15 is 0 Å². The van der Waals surface area contributed by atoms with Crippen molar-refractivity contribution in [2.24, 2.45) is 0 Å².